The third-order valence-electron chi connectivity index (χ3n) is 5.67. The SMILES string of the molecule is CCNC(=NCC1(SC)CCOCC1)N1CCN(CC(=O)NC2CC2)CC1.I. The number of hydrogen-bond donors (Lipinski definition) is 2. The van der Waals surface area contributed by atoms with Crippen LogP contribution in [0, 0.1) is 0 Å². The first-order chi connectivity index (χ1) is 13.1. The second-order valence-electron chi connectivity index (χ2n) is 7.77. The van der Waals surface area contributed by atoms with Gasteiger partial charge in [-0.2, -0.15) is 11.8 Å². The third kappa shape index (κ3) is 7.21. The van der Waals surface area contributed by atoms with Crippen molar-refractivity contribution in [3.05, 3.63) is 0 Å². The number of halogens is 1. The van der Waals surface area contributed by atoms with Gasteiger partial charge in [-0.25, -0.2) is 0 Å². The molecule has 3 aliphatic rings. The summed E-state index contributed by atoms with van der Waals surface area (Å²) in [6.45, 7) is 9.68. The van der Waals surface area contributed by atoms with Crippen LogP contribution < -0.4 is 10.6 Å². The fourth-order valence-corrected chi connectivity index (χ4v) is 4.41. The van der Waals surface area contributed by atoms with E-state index in [1.165, 1.54) is 0 Å². The van der Waals surface area contributed by atoms with Gasteiger partial charge in [-0.3, -0.25) is 14.7 Å². The number of piperazine rings is 1. The number of ether oxygens (including phenoxy) is 1. The highest BCUT2D eigenvalue weighted by molar-refractivity contribution is 14.0. The van der Waals surface area contributed by atoms with Gasteiger partial charge in [-0.1, -0.05) is 0 Å². The van der Waals surface area contributed by atoms with Crippen LogP contribution in [0.1, 0.15) is 32.6 Å². The van der Waals surface area contributed by atoms with Gasteiger partial charge in [0, 0.05) is 56.7 Å². The highest BCUT2D eigenvalue weighted by Gasteiger charge is 2.32. The number of carbonyl (C=O) groups is 1. The Labute approximate surface area is 190 Å². The fraction of sp³-hybridized carbons (Fsp3) is 0.895. The Hall–Kier alpha value is -0.260. The van der Waals surface area contributed by atoms with E-state index in [1.54, 1.807) is 0 Å². The van der Waals surface area contributed by atoms with Crippen LogP contribution in [-0.4, -0.2) is 97.7 Å². The summed E-state index contributed by atoms with van der Waals surface area (Å²) in [5, 5.41) is 6.54. The van der Waals surface area contributed by atoms with E-state index in [1.807, 2.05) is 11.8 Å². The first-order valence-corrected chi connectivity index (χ1v) is 11.5. The maximum Gasteiger partial charge on any atom is 0.234 e. The van der Waals surface area contributed by atoms with Gasteiger partial charge >= 0.3 is 0 Å². The van der Waals surface area contributed by atoms with E-state index in [0.29, 0.717) is 12.6 Å². The lowest BCUT2D eigenvalue weighted by Crippen LogP contribution is -2.54. The normalized spacial score (nSPS) is 23.1. The second-order valence-corrected chi connectivity index (χ2v) is 9.05. The van der Waals surface area contributed by atoms with Gasteiger partial charge in [0.1, 0.15) is 0 Å². The summed E-state index contributed by atoms with van der Waals surface area (Å²) in [5.41, 5.74) is 0. The van der Waals surface area contributed by atoms with Crippen molar-refractivity contribution in [1.29, 1.82) is 0 Å². The number of amides is 1. The van der Waals surface area contributed by atoms with Crippen molar-refractivity contribution in [2.45, 2.75) is 43.4 Å². The smallest absolute Gasteiger partial charge is 0.234 e. The molecule has 0 aromatic heterocycles. The van der Waals surface area contributed by atoms with E-state index in [2.05, 4.69) is 33.6 Å². The Balaban J connectivity index is 0.00000280. The molecule has 0 unspecified atom stereocenters. The molecule has 2 N–H and O–H groups in total. The number of guanidine groups is 1. The number of hydrogen-bond acceptors (Lipinski definition) is 5. The van der Waals surface area contributed by atoms with E-state index in [-0.39, 0.29) is 34.6 Å². The summed E-state index contributed by atoms with van der Waals surface area (Å²) in [6.07, 6.45) is 6.62. The summed E-state index contributed by atoms with van der Waals surface area (Å²) >= 11 is 1.93. The van der Waals surface area contributed by atoms with Crippen LogP contribution in [0.3, 0.4) is 0 Å². The van der Waals surface area contributed by atoms with Crippen LogP contribution in [0.5, 0.6) is 0 Å². The molecule has 1 amide bonds. The molecular formula is C19H36IN5O2S. The molecule has 2 aliphatic heterocycles. The Kier molecular flexibility index (Phi) is 10.1. The van der Waals surface area contributed by atoms with E-state index < -0.39 is 0 Å². The lowest BCUT2D eigenvalue weighted by molar-refractivity contribution is -0.122. The molecule has 0 spiro atoms. The zero-order valence-electron chi connectivity index (χ0n) is 17.2. The molecule has 3 fully saturated rings. The van der Waals surface area contributed by atoms with Crippen LogP contribution in [0.25, 0.3) is 0 Å². The average molecular weight is 526 g/mol. The molecule has 0 aromatic carbocycles. The van der Waals surface area contributed by atoms with Crippen LogP contribution >= 0.6 is 35.7 Å². The monoisotopic (exact) mass is 525 g/mol. The molecule has 2 heterocycles. The number of carbonyl (C=O) groups excluding carboxylic acids is 1. The molecule has 0 radical (unpaired) electrons. The van der Waals surface area contributed by atoms with Gasteiger partial charge in [-0.15, -0.1) is 24.0 Å². The largest absolute Gasteiger partial charge is 0.381 e. The summed E-state index contributed by atoms with van der Waals surface area (Å²) < 4.78 is 5.75. The minimum absolute atomic E-state index is 0. The maximum absolute atomic E-state index is 12.0. The zero-order valence-corrected chi connectivity index (χ0v) is 20.4. The number of nitrogens with one attached hydrogen (secondary N) is 2. The summed E-state index contributed by atoms with van der Waals surface area (Å²) in [6, 6.07) is 0.445. The van der Waals surface area contributed by atoms with Crippen molar-refractivity contribution < 1.29 is 9.53 Å². The van der Waals surface area contributed by atoms with E-state index in [4.69, 9.17) is 9.73 Å². The Morgan fingerprint density at radius 2 is 1.89 bits per heavy atom. The molecule has 3 rings (SSSR count). The number of aliphatic imine (C=N–C) groups is 1. The molecule has 9 heteroatoms. The molecule has 7 nitrogen and oxygen atoms in total. The second kappa shape index (κ2) is 11.8. The summed E-state index contributed by atoms with van der Waals surface area (Å²) in [5.74, 6) is 1.19. The number of rotatable bonds is 7. The van der Waals surface area contributed by atoms with Crippen LogP contribution in [-0.2, 0) is 9.53 Å². The van der Waals surface area contributed by atoms with Crippen LogP contribution in [0.2, 0.25) is 0 Å². The maximum atomic E-state index is 12.0. The fourth-order valence-electron chi connectivity index (χ4n) is 3.64. The van der Waals surface area contributed by atoms with Gasteiger partial charge in [0.2, 0.25) is 5.91 Å². The van der Waals surface area contributed by atoms with E-state index >= 15 is 0 Å². The molecule has 0 atom stereocenters. The Bertz CT molecular complexity index is 518. The van der Waals surface area contributed by atoms with E-state index in [9.17, 15) is 4.79 Å². The van der Waals surface area contributed by atoms with Gasteiger partial charge in [0.05, 0.1) is 13.1 Å². The van der Waals surface area contributed by atoms with Crippen molar-refractivity contribution in [1.82, 2.24) is 20.4 Å². The highest BCUT2D eigenvalue weighted by Crippen LogP contribution is 2.34. The minimum atomic E-state index is 0. The molecule has 2 saturated heterocycles. The molecule has 162 valence electrons. The summed E-state index contributed by atoms with van der Waals surface area (Å²) in [7, 11) is 0. The Morgan fingerprint density at radius 3 is 2.46 bits per heavy atom. The summed E-state index contributed by atoms with van der Waals surface area (Å²) in [4.78, 5) is 21.6. The van der Waals surface area contributed by atoms with Gasteiger partial charge in [-0.05, 0) is 38.9 Å². The van der Waals surface area contributed by atoms with Crippen molar-refractivity contribution in [3.63, 3.8) is 0 Å². The molecule has 0 aromatic rings. The minimum Gasteiger partial charge on any atom is -0.381 e. The van der Waals surface area contributed by atoms with Crippen LogP contribution in [0.4, 0.5) is 0 Å². The first-order valence-electron chi connectivity index (χ1n) is 10.3. The third-order valence-corrected chi connectivity index (χ3v) is 7.07. The lowest BCUT2D eigenvalue weighted by atomic mass is 9.99. The predicted molar refractivity (Wildman–Crippen MR) is 127 cm³/mol. The molecule has 1 saturated carbocycles. The topological polar surface area (TPSA) is 69.2 Å². The van der Waals surface area contributed by atoms with Crippen molar-refractivity contribution in [2.75, 3.05) is 65.3 Å². The zero-order chi connectivity index (χ0) is 19.1. The van der Waals surface area contributed by atoms with Gasteiger partial charge < -0.3 is 20.3 Å². The standard InChI is InChI=1S/C19H35N5O2S.HI/c1-3-20-18(21-15-19(27-2)6-12-26-13-7-19)24-10-8-23(9-11-24)14-17(25)22-16-4-5-16;/h16H,3-15H2,1-2H3,(H,20,21)(H,22,25);1H. The van der Waals surface area contributed by atoms with Gasteiger partial charge in [0.25, 0.3) is 0 Å². The molecular weight excluding hydrogens is 489 g/mol. The predicted octanol–water partition coefficient (Wildman–Crippen LogP) is 1.38. The van der Waals surface area contributed by atoms with Crippen molar-refractivity contribution in [3.8, 4) is 0 Å². The Morgan fingerprint density at radius 1 is 1.21 bits per heavy atom. The average Bonchev–Trinajstić information content (AvgIpc) is 3.50. The van der Waals surface area contributed by atoms with Crippen molar-refractivity contribution in [2.24, 2.45) is 4.99 Å². The van der Waals surface area contributed by atoms with Crippen LogP contribution in [0.15, 0.2) is 4.99 Å². The molecule has 1 aliphatic carbocycles. The number of nitrogens with zero attached hydrogens (tertiary/aromatic N) is 3. The van der Waals surface area contributed by atoms with Crippen molar-refractivity contribution >= 4 is 47.6 Å². The number of thioether (sulfide) groups is 1. The molecule has 0 bridgehead atoms. The lowest BCUT2D eigenvalue weighted by Gasteiger charge is -2.38. The quantitative estimate of drug-likeness (QED) is 0.298. The molecule has 28 heavy (non-hydrogen) atoms. The highest BCUT2D eigenvalue weighted by atomic mass is 127. The first kappa shape index (κ1) is 24.0. The van der Waals surface area contributed by atoms with E-state index in [0.717, 1.165) is 84.1 Å². The van der Waals surface area contributed by atoms with Gasteiger partial charge in [0.15, 0.2) is 5.96 Å².